The van der Waals surface area contributed by atoms with E-state index in [4.69, 9.17) is 16.0 Å². The van der Waals surface area contributed by atoms with Gasteiger partial charge in [-0.15, -0.1) is 0 Å². The molecule has 5 N–H and O–H groups in total. The summed E-state index contributed by atoms with van der Waals surface area (Å²) < 4.78 is 32.5. The van der Waals surface area contributed by atoms with E-state index < -0.39 is 22.5 Å². The largest absolute Gasteiger partial charge is 0.478 e. The van der Waals surface area contributed by atoms with Crippen LogP contribution in [0.25, 0.3) is 44.3 Å². The molecule has 6 heterocycles. The molecule has 109 heavy (non-hydrogen) atoms. The van der Waals surface area contributed by atoms with Crippen LogP contribution in [0.1, 0.15) is 102 Å². The maximum Gasteiger partial charge on any atom is 0.335 e. The Hall–Kier alpha value is -11.8. The molecule has 16 heteroatoms. The Morgan fingerprint density at radius 2 is 0.807 bits per heavy atom. The van der Waals surface area contributed by atoms with Crippen LogP contribution < -0.4 is 5.84 Å². The van der Waals surface area contributed by atoms with Gasteiger partial charge in [0.2, 0.25) is 0 Å². The summed E-state index contributed by atoms with van der Waals surface area (Å²) in [6.45, 7) is 6.80. The fourth-order valence-electron chi connectivity index (χ4n) is 16.4. The van der Waals surface area contributed by atoms with E-state index in [0.29, 0.717) is 48.3 Å². The van der Waals surface area contributed by atoms with Gasteiger partial charge in [0, 0.05) is 81.7 Å². The molecule has 0 saturated carbocycles. The summed E-state index contributed by atoms with van der Waals surface area (Å²) >= 11 is 0. The molecule has 0 spiro atoms. The highest BCUT2D eigenvalue weighted by Gasteiger charge is 2.44. The number of carbonyl (C=O) groups excluding carboxylic acids is 1. The number of hydrogen-bond donors (Lipinski definition) is 4. The van der Waals surface area contributed by atoms with Crippen molar-refractivity contribution in [1.82, 2.24) is 39.4 Å². The summed E-state index contributed by atoms with van der Waals surface area (Å²) in [4.78, 5) is 37.2. The second-order valence-electron chi connectivity index (χ2n) is 28.9. The number of aliphatic hydroxyl groups excluding tert-OH is 2. The lowest BCUT2D eigenvalue weighted by Gasteiger charge is -2.42. The van der Waals surface area contributed by atoms with Crippen molar-refractivity contribution in [1.29, 1.82) is 0 Å². The van der Waals surface area contributed by atoms with Crippen molar-refractivity contribution in [3.8, 4) is 22.5 Å². The first-order valence-electron chi connectivity index (χ1n) is 37.1. The van der Waals surface area contributed by atoms with Gasteiger partial charge in [0.25, 0.3) is 0 Å². The van der Waals surface area contributed by atoms with Gasteiger partial charge >= 0.3 is 5.97 Å². The second-order valence-corrected chi connectivity index (χ2v) is 28.9. The number of nitrogens with zero attached hydrogens (tertiary/aromatic N) is 8. The zero-order valence-corrected chi connectivity index (χ0v) is 61.1. The third kappa shape index (κ3) is 15.3. The molecule has 14 nitrogen and oxygen atoms in total. The van der Waals surface area contributed by atoms with Crippen LogP contribution in [0.3, 0.4) is 0 Å². The number of nitrogens with two attached hydrogens (primary N) is 1. The highest BCUT2D eigenvalue weighted by molar-refractivity contribution is 6.04. The number of aromatic nitrogens is 6. The van der Waals surface area contributed by atoms with Crippen LogP contribution in [0.15, 0.2) is 304 Å². The van der Waals surface area contributed by atoms with Crippen molar-refractivity contribution < 1.29 is 33.7 Å². The van der Waals surface area contributed by atoms with E-state index in [0.717, 1.165) is 122 Å². The molecule has 4 aromatic heterocycles. The van der Waals surface area contributed by atoms with Gasteiger partial charge < -0.3 is 15.3 Å². The third-order valence-corrected chi connectivity index (χ3v) is 21.6. The second kappa shape index (κ2) is 32.8. The number of rotatable bonds is 20. The van der Waals surface area contributed by atoms with Gasteiger partial charge in [0.15, 0.2) is 5.78 Å². The molecular weight excluding hydrogens is 1360 g/mol. The number of Topliss-reactive ketones (excluding diaryl/α,β-unsaturated/α-hetero) is 1. The summed E-state index contributed by atoms with van der Waals surface area (Å²) in [6, 6.07) is 95.0. The number of aromatic carboxylic acids is 1. The molecule has 2 unspecified atom stereocenters. The van der Waals surface area contributed by atoms with Crippen LogP contribution in [-0.2, 0) is 23.9 Å². The van der Waals surface area contributed by atoms with E-state index in [1.54, 1.807) is 53.8 Å². The number of ketones is 1. The number of likely N-dealkylation sites (tertiary alicyclic amines) is 1. The molecule has 0 bridgehead atoms. The van der Waals surface area contributed by atoms with Crippen molar-refractivity contribution in [2.24, 2.45) is 16.7 Å². The average molecular weight is 1450 g/mol. The Balaban J connectivity index is 0.000000155. The van der Waals surface area contributed by atoms with E-state index in [1.165, 1.54) is 12.1 Å². The van der Waals surface area contributed by atoms with Crippen LogP contribution in [0.4, 0.5) is 8.78 Å². The third-order valence-electron chi connectivity index (χ3n) is 21.6. The molecule has 2 fully saturated rings. The van der Waals surface area contributed by atoms with Crippen molar-refractivity contribution in [3.05, 3.63) is 382 Å². The quantitative estimate of drug-likeness (QED) is 0.0322. The maximum absolute atomic E-state index is 14.7. The summed E-state index contributed by atoms with van der Waals surface area (Å²) in [5.74, 6) is 4.36. The van der Waals surface area contributed by atoms with E-state index in [9.17, 15) is 33.7 Å². The molecule has 548 valence electrons. The van der Waals surface area contributed by atoms with Crippen molar-refractivity contribution in [3.63, 3.8) is 0 Å². The highest BCUT2D eigenvalue weighted by Crippen LogP contribution is 2.47. The van der Waals surface area contributed by atoms with Gasteiger partial charge in [0.1, 0.15) is 34.1 Å². The standard InChI is InChI=1S/C47H43FN4O2.C33H25N3O2.C13H19FN2O/c1-34-28-36(24-26-49-34)45-41-29-35(44(54)31-51-27-13-25-46(32-51,33-53)30-37-14-11-12-21-42(37)48)22-23-43(41)52(50-45)47(38-15-5-2-6-16-38,39-17-7-3-8-18-39)40-19-9-4-10-20-40;1-23-21-24(19-20-34-23)31-29-22-25(32(37)38)17-18-30(29)36(35-31)33(26-11-5-2-6-12-26,27-13-7-3-8-14-27)28-15-9-4-10-16-28;14-12-5-2-1-4-11(12)8-13(10-17)6-3-7-16(15)9-13/h2-12,14-24,26,28-29,53H,13,25,27,30-33H2,1H3;2-22H,1H3,(H,37,38);1-2,4-5,17H,3,6-10,15H2. The van der Waals surface area contributed by atoms with Gasteiger partial charge in [0.05, 0.1) is 36.4 Å². The molecular formula is C93H87F2N9O5. The molecule has 2 saturated heterocycles. The number of hydrogen-bond acceptors (Lipinski definition) is 11. The first kappa shape index (κ1) is 74.1. The fraction of sp³-hybridized carbons (Fsp3) is 0.204. The summed E-state index contributed by atoms with van der Waals surface area (Å²) in [5, 5.41) is 44.2. The van der Waals surface area contributed by atoms with E-state index in [1.807, 2.05) is 147 Å². The SMILES string of the molecule is Cc1cc(-c2nn(C(c3ccccc3)(c3ccccc3)c3ccccc3)c3ccc(C(=O)CN4CCCC(CO)(Cc5ccccc5F)C4)cc23)ccn1.Cc1cc(-c2nn(C(c3ccccc3)(c3ccccc3)c3ccccc3)c3ccc(C(=O)O)cc23)ccn1.NN1CCCC(CO)(Cc2ccccc2F)C1. The number of carboxylic acids is 1. The van der Waals surface area contributed by atoms with Gasteiger partial charge in [-0.25, -0.2) is 27.9 Å². The van der Waals surface area contributed by atoms with Crippen LogP contribution in [0.5, 0.6) is 0 Å². The molecule has 2 aliphatic rings. The van der Waals surface area contributed by atoms with Gasteiger partial charge in [-0.3, -0.25) is 25.5 Å². The molecule has 0 aliphatic carbocycles. The number of hydrazine groups is 1. The van der Waals surface area contributed by atoms with E-state index in [-0.39, 0.29) is 48.2 Å². The smallest absolute Gasteiger partial charge is 0.335 e. The number of pyridine rings is 2. The van der Waals surface area contributed by atoms with Gasteiger partial charge in [-0.1, -0.05) is 218 Å². The van der Waals surface area contributed by atoms with Crippen molar-refractivity contribution in [2.75, 3.05) is 45.9 Å². The number of halogens is 2. The minimum atomic E-state index is -0.975. The van der Waals surface area contributed by atoms with Crippen molar-refractivity contribution >= 4 is 33.6 Å². The normalized spacial score (nSPS) is 16.2. The average Bonchev–Trinajstić information content (AvgIpc) is 1.64. The fourth-order valence-corrected chi connectivity index (χ4v) is 16.4. The number of fused-ring (bicyclic) bond motifs is 2. The Bertz CT molecular complexity index is 5270. The molecule has 2 atom stereocenters. The molecule has 0 radical (unpaired) electrons. The predicted octanol–water partition coefficient (Wildman–Crippen LogP) is 17.1. The van der Waals surface area contributed by atoms with Crippen LogP contribution >= 0.6 is 0 Å². The first-order chi connectivity index (χ1) is 53.1. The summed E-state index contributed by atoms with van der Waals surface area (Å²) in [7, 11) is 0. The lowest BCUT2D eigenvalue weighted by Crippen LogP contribution is -2.49. The number of carbonyl (C=O) groups is 2. The number of aryl methyl sites for hydroxylation is 2. The molecule has 0 amide bonds. The lowest BCUT2D eigenvalue weighted by molar-refractivity contribution is 0.0315. The Labute approximate surface area is 634 Å². The zero-order valence-electron chi connectivity index (χ0n) is 61.1. The Morgan fingerprint density at radius 3 is 1.17 bits per heavy atom. The van der Waals surface area contributed by atoms with Crippen molar-refractivity contribution in [2.45, 2.75) is 63.5 Å². The summed E-state index contributed by atoms with van der Waals surface area (Å²) in [6.07, 6.45) is 7.96. The highest BCUT2D eigenvalue weighted by atomic mass is 19.1. The molecule has 14 aromatic rings. The van der Waals surface area contributed by atoms with Gasteiger partial charge in [-0.05, 0) is 176 Å². The first-order valence-corrected chi connectivity index (χ1v) is 37.1. The maximum atomic E-state index is 14.7. The van der Waals surface area contributed by atoms with E-state index in [2.05, 4.69) is 133 Å². The number of benzene rings is 10. The molecule has 2 aliphatic heterocycles. The lowest BCUT2D eigenvalue weighted by atomic mass is 9.75. The number of carboxylic acid groups (broad SMARTS) is 1. The Morgan fingerprint density at radius 1 is 0.450 bits per heavy atom. The Kier molecular flexibility index (Phi) is 22.3. The number of piperidine rings is 2. The van der Waals surface area contributed by atoms with Crippen LogP contribution in [0, 0.1) is 36.3 Å². The topological polar surface area (TPSA) is 189 Å². The van der Waals surface area contributed by atoms with Crippen LogP contribution in [-0.4, -0.2) is 112 Å². The molecule has 10 aromatic carbocycles. The monoisotopic (exact) mass is 1450 g/mol. The van der Waals surface area contributed by atoms with Crippen LogP contribution in [0.2, 0.25) is 0 Å². The minimum absolute atomic E-state index is 0.0124. The predicted molar refractivity (Wildman–Crippen MR) is 426 cm³/mol. The van der Waals surface area contributed by atoms with E-state index >= 15 is 0 Å². The summed E-state index contributed by atoms with van der Waals surface area (Å²) in [5.41, 5.74) is 12.6. The van der Waals surface area contributed by atoms with Gasteiger partial charge in [-0.2, -0.15) is 10.2 Å². The number of aliphatic hydroxyl groups is 2. The molecule has 16 rings (SSSR count). The minimum Gasteiger partial charge on any atom is -0.478 e. The zero-order chi connectivity index (χ0) is 75.5.